The summed E-state index contributed by atoms with van der Waals surface area (Å²) >= 11 is 1.47. The van der Waals surface area contributed by atoms with Crippen LogP contribution in [-0.4, -0.2) is 29.5 Å². The van der Waals surface area contributed by atoms with E-state index in [0.29, 0.717) is 22.1 Å². The van der Waals surface area contributed by atoms with Crippen molar-refractivity contribution in [2.24, 2.45) is 7.05 Å². The molecule has 0 bridgehead atoms. The van der Waals surface area contributed by atoms with Crippen molar-refractivity contribution < 1.29 is 4.39 Å². The lowest BCUT2D eigenvalue weighted by molar-refractivity contribution is 0.622. The summed E-state index contributed by atoms with van der Waals surface area (Å²) < 4.78 is 15.6. The van der Waals surface area contributed by atoms with Crippen LogP contribution in [0, 0.1) is 12.7 Å². The summed E-state index contributed by atoms with van der Waals surface area (Å²) in [6, 6.07) is 7.30. The van der Waals surface area contributed by atoms with Crippen molar-refractivity contribution in [2.45, 2.75) is 6.92 Å². The van der Waals surface area contributed by atoms with Gasteiger partial charge in [0.2, 0.25) is 0 Å². The number of fused-ring (bicyclic) bond motifs is 1. The van der Waals surface area contributed by atoms with Crippen molar-refractivity contribution in [2.75, 3.05) is 0 Å². The highest BCUT2D eigenvalue weighted by Gasteiger charge is 2.18. The molecule has 5 heterocycles. The number of halogens is 1. The fourth-order valence-corrected chi connectivity index (χ4v) is 4.31. The predicted molar refractivity (Wildman–Crippen MR) is 111 cm³/mol. The highest BCUT2D eigenvalue weighted by molar-refractivity contribution is 7.18. The van der Waals surface area contributed by atoms with Gasteiger partial charge in [-0.05, 0) is 31.2 Å². The van der Waals surface area contributed by atoms with Crippen molar-refractivity contribution in [1.82, 2.24) is 29.5 Å². The molecule has 0 aliphatic heterocycles. The fraction of sp³-hybridized carbons (Fsp3) is 0.0952. The van der Waals surface area contributed by atoms with Crippen LogP contribution in [0.1, 0.15) is 5.69 Å². The number of aryl methyl sites for hydroxylation is 2. The number of hydrogen-bond donors (Lipinski definition) is 0. The Kier molecular flexibility index (Phi) is 4.13. The van der Waals surface area contributed by atoms with Gasteiger partial charge in [0.15, 0.2) is 5.82 Å². The lowest BCUT2D eigenvalue weighted by atomic mass is 10.1. The van der Waals surface area contributed by atoms with E-state index in [0.717, 1.165) is 27.2 Å². The highest BCUT2D eigenvalue weighted by atomic mass is 32.1. The second-order valence-electron chi connectivity index (χ2n) is 6.62. The van der Waals surface area contributed by atoms with Crippen LogP contribution in [-0.2, 0) is 7.05 Å². The van der Waals surface area contributed by atoms with E-state index >= 15 is 0 Å². The molecule has 0 fully saturated rings. The molecule has 0 aromatic carbocycles. The average molecular weight is 402 g/mol. The molecule has 5 aromatic rings. The first-order valence-electron chi connectivity index (χ1n) is 8.92. The van der Waals surface area contributed by atoms with Crippen molar-refractivity contribution in [1.29, 1.82) is 0 Å². The van der Waals surface area contributed by atoms with Gasteiger partial charge < -0.3 is 4.57 Å². The predicted octanol–water partition coefficient (Wildman–Crippen LogP) is 4.66. The van der Waals surface area contributed by atoms with Crippen LogP contribution >= 0.6 is 11.3 Å². The Labute approximate surface area is 169 Å². The molecule has 0 unspecified atom stereocenters. The molecule has 0 N–H and O–H groups in total. The number of pyridine rings is 2. The third-order valence-corrected chi connectivity index (χ3v) is 5.84. The van der Waals surface area contributed by atoms with E-state index in [-0.39, 0.29) is 5.82 Å². The van der Waals surface area contributed by atoms with E-state index in [2.05, 4.69) is 19.9 Å². The van der Waals surface area contributed by atoms with Crippen molar-refractivity contribution in [3.8, 4) is 32.7 Å². The Morgan fingerprint density at radius 2 is 1.90 bits per heavy atom. The van der Waals surface area contributed by atoms with Crippen LogP contribution < -0.4 is 0 Å². The molecule has 0 saturated carbocycles. The van der Waals surface area contributed by atoms with E-state index in [9.17, 15) is 4.39 Å². The lowest BCUT2D eigenvalue weighted by Crippen LogP contribution is -1.97. The van der Waals surface area contributed by atoms with E-state index < -0.39 is 0 Å². The molecule has 5 rings (SSSR count). The Morgan fingerprint density at radius 1 is 1.07 bits per heavy atom. The minimum atomic E-state index is -0.385. The molecule has 6 nitrogen and oxygen atoms in total. The first-order valence-corrected chi connectivity index (χ1v) is 9.74. The monoisotopic (exact) mass is 402 g/mol. The first-order chi connectivity index (χ1) is 14.1. The zero-order chi connectivity index (χ0) is 20.0. The summed E-state index contributed by atoms with van der Waals surface area (Å²) in [6.45, 7) is 1.93. The van der Waals surface area contributed by atoms with Crippen LogP contribution in [0.4, 0.5) is 4.39 Å². The molecular weight excluding hydrogens is 387 g/mol. The molecule has 29 heavy (non-hydrogen) atoms. The number of thiazole rings is 1. The van der Waals surface area contributed by atoms with Crippen LogP contribution in [0.25, 0.3) is 43.6 Å². The number of hydrogen-bond acceptors (Lipinski definition) is 6. The molecule has 0 amide bonds. The van der Waals surface area contributed by atoms with Gasteiger partial charge in [0.05, 0.1) is 28.0 Å². The maximum Gasteiger partial charge on any atom is 0.180 e. The standard InChI is InChI=1S/C21H15FN6S/c1-12-19(29-21(26-12)14-8-15(22)11-23-10-14)16-9-13-4-7-28(2)18(13)17(27-16)20-24-5-3-6-25-20/h3-11H,1-2H3. The van der Waals surface area contributed by atoms with Crippen molar-refractivity contribution in [3.63, 3.8) is 0 Å². The van der Waals surface area contributed by atoms with Gasteiger partial charge in [0.25, 0.3) is 0 Å². The minimum Gasteiger partial charge on any atom is -0.349 e. The summed E-state index contributed by atoms with van der Waals surface area (Å²) in [5.41, 5.74) is 3.95. The molecule has 0 aliphatic carbocycles. The number of aromatic nitrogens is 6. The van der Waals surface area contributed by atoms with Gasteiger partial charge in [0, 0.05) is 42.8 Å². The first kappa shape index (κ1) is 17.6. The summed E-state index contributed by atoms with van der Waals surface area (Å²) in [5.74, 6) is 0.183. The molecule has 142 valence electrons. The summed E-state index contributed by atoms with van der Waals surface area (Å²) in [5, 5.41) is 1.75. The Hall–Kier alpha value is -3.52. The van der Waals surface area contributed by atoms with Gasteiger partial charge in [-0.15, -0.1) is 11.3 Å². The SMILES string of the molecule is Cc1nc(-c2cncc(F)c2)sc1-c1cc2ccn(C)c2c(-c2ncccn2)n1. The van der Waals surface area contributed by atoms with E-state index in [1.165, 1.54) is 23.6 Å². The quantitative estimate of drug-likeness (QED) is 0.439. The van der Waals surface area contributed by atoms with Crippen molar-refractivity contribution in [3.05, 3.63) is 66.8 Å². The maximum atomic E-state index is 13.6. The van der Waals surface area contributed by atoms with Gasteiger partial charge in [-0.3, -0.25) is 4.98 Å². The highest BCUT2D eigenvalue weighted by Crippen LogP contribution is 2.37. The maximum absolute atomic E-state index is 13.6. The molecule has 0 aliphatic rings. The zero-order valence-electron chi connectivity index (χ0n) is 15.7. The lowest BCUT2D eigenvalue weighted by Gasteiger charge is -2.07. The molecule has 0 atom stereocenters. The van der Waals surface area contributed by atoms with E-state index in [1.54, 1.807) is 24.7 Å². The molecule has 0 radical (unpaired) electrons. The minimum absolute atomic E-state index is 0.385. The third kappa shape index (κ3) is 3.07. The van der Waals surface area contributed by atoms with Crippen molar-refractivity contribution >= 4 is 22.2 Å². The Bertz CT molecular complexity index is 1340. The van der Waals surface area contributed by atoms with Crippen LogP contribution in [0.3, 0.4) is 0 Å². The van der Waals surface area contributed by atoms with Gasteiger partial charge in [-0.2, -0.15) is 0 Å². The third-order valence-electron chi connectivity index (χ3n) is 4.61. The molecule has 0 spiro atoms. The molecule has 8 heteroatoms. The van der Waals surface area contributed by atoms with Gasteiger partial charge >= 0.3 is 0 Å². The van der Waals surface area contributed by atoms with Crippen LogP contribution in [0.2, 0.25) is 0 Å². The topological polar surface area (TPSA) is 69.4 Å². The van der Waals surface area contributed by atoms with Gasteiger partial charge in [-0.1, -0.05) is 0 Å². The van der Waals surface area contributed by atoms with Gasteiger partial charge in [-0.25, -0.2) is 24.3 Å². The van der Waals surface area contributed by atoms with Crippen LogP contribution in [0.5, 0.6) is 0 Å². The summed E-state index contributed by atoms with van der Waals surface area (Å²) in [7, 11) is 1.98. The number of nitrogens with zero attached hydrogens (tertiary/aromatic N) is 6. The smallest absolute Gasteiger partial charge is 0.180 e. The summed E-state index contributed by atoms with van der Waals surface area (Å²) in [6.07, 6.45) is 8.20. The van der Waals surface area contributed by atoms with E-state index in [1.807, 2.05) is 36.9 Å². The zero-order valence-corrected chi connectivity index (χ0v) is 16.5. The second kappa shape index (κ2) is 6.82. The molecular formula is C21H15FN6S. The molecule has 5 aromatic heterocycles. The van der Waals surface area contributed by atoms with E-state index in [4.69, 9.17) is 4.98 Å². The molecule has 0 saturated heterocycles. The largest absolute Gasteiger partial charge is 0.349 e. The average Bonchev–Trinajstić information content (AvgIpc) is 3.31. The summed E-state index contributed by atoms with van der Waals surface area (Å²) in [4.78, 5) is 23.1. The van der Waals surface area contributed by atoms with Gasteiger partial charge in [0.1, 0.15) is 16.5 Å². The normalized spacial score (nSPS) is 11.3. The van der Waals surface area contributed by atoms with Crippen LogP contribution in [0.15, 0.2) is 55.2 Å². The Morgan fingerprint density at radius 3 is 2.69 bits per heavy atom. The fourth-order valence-electron chi connectivity index (χ4n) is 3.30. The second-order valence-corrected chi connectivity index (χ2v) is 7.62. The number of rotatable bonds is 3. The Balaban J connectivity index is 1.71.